The van der Waals surface area contributed by atoms with Crippen molar-refractivity contribution in [1.29, 1.82) is 0 Å². The van der Waals surface area contributed by atoms with Gasteiger partial charge in [-0.05, 0) is 74.8 Å². The molecule has 0 unspecified atom stereocenters. The number of carbonyl (C=O) groups excluding carboxylic acids is 1. The van der Waals surface area contributed by atoms with Crippen molar-refractivity contribution in [3.63, 3.8) is 0 Å². The van der Waals surface area contributed by atoms with Crippen LogP contribution in [-0.4, -0.2) is 55.9 Å². The van der Waals surface area contributed by atoms with Crippen LogP contribution in [0.1, 0.15) is 95.4 Å². The molecule has 0 atom stereocenters. The van der Waals surface area contributed by atoms with Crippen LogP contribution >= 0.6 is 0 Å². The highest BCUT2D eigenvalue weighted by Crippen LogP contribution is 2.33. The summed E-state index contributed by atoms with van der Waals surface area (Å²) in [5, 5.41) is 7.39. The minimum Gasteiger partial charge on any atom is -0.444 e. The molecule has 1 saturated heterocycles. The number of carbonyl (C=O) groups is 1. The summed E-state index contributed by atoms with van der Waals surface area (Å²) in [5.74, 6) is 0. The minimum atomic E-state index is -0.485. The summed E-state index contributed by atoms with van der Waals surface area (Å²) in [4.78, 5) is 15.0. The molecule has 0 aromatic rings. The maximum absolute atomic E-state index is 13.1. The number of hydrogen-bond donors (Lipinski definition) is 2. The molecule has 184 valence electrons. The molecule has 0 radical (unpaired) electrons. The zero-order chi connectivity index (χ0) is 24.1. The monoisotopic (exact) mass is 439 g/mol. The van der Waals surface area contributed by atoms with E-state index in [9.17, 15) is 4.79 Å². The van der Waals surface area contributed by atoms with E-state index >= 15 is 0 Å². The van der Waals surface area contributed by atoms with Crippen LogP contribution in [-0.2, 0) is 4.74 Å². The maximum Gasteiger partial charge on any atom is 0.410 e. The molecule has 2 N–H and O–H groups in total. The first-order chi connectivity index (χ1) is 13.8. The summed E-state index contributed by atoms with van der Waals surface area (Å²) < 4.78 is 5.78. The Morgan fingerprint density at radius 3 is 1.48 bits per heavy atom. The standard InChI is InChI=1S/C26H53N3O2/c1-22(2,3)31-21(30)29-19-23(4,5)12-14-27-17-25(8,9)16-26(10,11)18-28-15-13-24(6,7)20-29/h27-28H,12-20H2,1-11H3. The molecule has 31 heavy (non-hydrogen) atoms. The largest absolute Gasteiger partial charge is 0.444 e. The summed E-state index contributed by atoms with van der Waals surface area (Å²) in [6.07, 6.45) is 3.03. The van der Waals surface area contributed by atoms with E-state index in [1.165, 1.54) is 6.42 Å². The van der Waals surface area contributed by atoms with Gasteiger partial charge in [0.15, 0.2) is 0 Å². The van der Waals surface area contributed by atoms with Crippen molar-refractivity contribution in [2.45, 2.75) is 101 Å². The van der Waals surface area contributed by atoms with Gasteiger partial charge in [0.1, 0.15) is 5.60 Å². The Bertz CT molecular complexity index is 538. The average Bonchev–Trinajstić information content (AvgIpc) is 2.51. The highest BCUT2D eigenvalue weighted by molar-refractivity contribution is 5.68. The van der Waals surface area contributed by atoms with Crippen molar-refractivity contribution in [2.24, 2.45) is 21.7 Å². The maximum atomic E-state index is 13.1. The van der Waals surface area contributed by atoms with Gasteiger partial charge in [0.2, 0.25) is 0 Å². The van der Waals surface area contributed by atoms with Crippen molar-refractivity contribution < 1.29 is 9.53 Å². The van der Waals surface area contributed by atoms with Crippen LogP contribution in [0.15, 0.2) is 0 Å². The van der Waals surface area contributed by atoms with Crippen LogP contribution in [0.4, 0.5) is 4.79 Å². The Morgan fingerprint density at radius 2 is 1.13 bits per heavy atom. The normalized spacial score (nSPS) is 25.6. The van der Waals surface area contributed by atoms with Crippen LogP contribution < -0.4 is 10.6 Å². The quantitative estimate of drug-likeness (QED) is 0.509. The van der Waals surface area contributed by atoms with E-state index in [1.807, 2.05) is 25.7 Å². The molecule has 1 aliphatic rings. The van der Waals surface area contributed by atoms with Crippen LogP contribution in [0.2, 0.25) is 0 Å². The van der Waals surface area contributed by atoms with Crippen molar-refractivity contribution in [1.82, 2.24) is 15.5 Å². The van der Waals surface area contributed by atoms with E-state index in [-0.39, 0.29) is 27.8 Å². The predicted octanol–water partition coefficient (Wildman–Crippen LogP) is 5.69. The molecule has 0 aromatic carbocycles. The molecule has 5 nitrogen and oxygen atoms in total. The molecule has 0 aliphatic carbocycles. The van der Waals surface area contributed by atoms with Crippen LogP contribution in [0.5, 0.6) is 0 Å². The summed E-state index contributed by atoms with van der Waals surface area (Å²) in [6, 6.07) is 0. The molecule has 1 rings (SSSR count). The fourth-order valence-electron chi connectivity index (χ4n) is 4.83. The van der Waals surface area contributed by atoms with Crippen LogP contribution in [0, 0.1) is 21.7 Å². The van der Waals surface area contributed by atoms with E-state index in [0.717, 1.165) is 39.0 Å². The lowest BCUT2D eigenvalue weighted by Crippen LogP contribution is -2.47. The van der Waals surface area contributed by atoms with Crippen LogP contribution in [0.3, 0.4) is 0 Å². The molecule has 1 amide bonds. The second-order valence-electron chi connectivity index (χ2n) is 14.0. The highest BCUT2D eigenvalue weighted by atomic mass is 16.6. The number of nitrogens with zero attached hydrogens (tertiary/aromatic N) is 1. The van der Waals surface area contributed by atoms with E-state index < -0.39 is 5.60 Å². The number of ether oxygens (including phenoxy) is 1. The van der Waals surface area contributed by atoms with Gasteiger partial charge < -0.3 is 20.3 Å². The van der Waals surface area contributed by atoms with Gasteiger partial charge in [-0.25, -0.2) is 4.79 Å². The first-order valence-corrected chi connectivity index (χ1v) is 12.2. The Balaban J connectivity index is 3.04. The van der Waals surface area contributed by atoms with E-state index in [4.69, 9.17) is 4.74 Å². The van der Waals surface area contributed by atoms with E-state index in [0.29, 0.717) is 13.1 Å². The van der Waals surface area contributed by atoms with Crippen molar-refractivity contribution in [3.05, 3.63) is 0 Å². The first-order valence-electron chi connectivity index (χ1n) is 12.2. The molecule has 1 fully saturated rings. The van der Waals surface area contributed by atoms with Crippen LogP contribution in [0.25, 0.3) is 0 Å². The minimum absolute atomic E-state index is 0.0126. The van der Waals surface area contributed by atoms with Crippen molar-refractivity contribution in [3.8, 4) is 0 Å². The van der Waals surface area contributed by atoms with Gasteiger partial charge in [-0.15, -0.1) is 0 Å². The summed E-state index contributed by atoms with van der Waals surface area (Å²) in [5.41, 5.74) is 0.0285. The lowest BCUT2D eigenvalue weighted by atomic mass is 9.74. The molecule has 0 saturated carbocycles. The highest BCUT2D eigenvalue weighted by Gasteiger charge is 2.33. The summed E-state index contributed by atoms with van der Waals surface area (Å²) in [6.45, 7) is 29.7. The van der Waals surface area contributed by atoms with Gasteiger partial charge in [-0.3, -0.25) is 0 Å². The number of hydrogen-bond acceptors (Lipinski definition) is 4. The lowest BCUT2D eigenvalue weighted by molar-refractivity contribution is 0.00812. The third-order valence-electron chi connectivity index (χ3n) is 6.01. The Labute approximate surface area is 193 Å². The second kappa shape index (κ2) is 10.4. The number of nitrogens with one attached hydrogen (secondary N) is 2. The average molecular weight is 440 g/mol. The van der Waals surface area contributed by atoms with Gasteiger partial charge in [0, 0.05) is 26.2 Å². The Hall–Kier alpha value is -0.810. The molecule has 0 aromatic heterocycles. The SMILES string of the molecule is CC1(C)CCNCC(C)(C)CC(C)(C)CNCCC(C)(C)CN(C(=O)OC(C)(C)C)C1. The van der Waals surface area contributed by atoms with Gasteiger partial charge in [0.25, 0.3) is 0 Å². The molecule has 0 bridgehead atoms. The van der Waals surface area contributed by atoms with Gasteiger partial charge in [0.05, 0.1) is 0 Å². The fraction of sp³-hybridized carbons (Fsp3) is 0.962. The van der Waals surface area contributed by atoms with Crippen molar-refractivity contribution in [2.75, 3.05) is 39.3 Å². The predicted molar refractivity (Wildman–Crippen MR) is 133 cm³/mol. The van der Waals surface area contributed by atoms with E-state index in [1.54, 1.807) is 0 Å². The lowest BCUT2D eigenvalue weighted by Gasteiger charge is -2.40. The topological polar surface area (TPSA) is 53.6 Å². The smallest absolute Gasteiger partial charge is 0.410 e. The van der Waals surface area contributed by atoms with Crippen molar-refractivity contribution >= 4 is 6.09 Å². The molecule has 5 heteroatoms. The summed E-state index contributed by atoms with van der Waals surface area (Å²) in [7, 11) is 0. The van der Waals surface area contributed by atoms with Gasteiger partial charge in [-0.2, -0.15) is 0 Å². The molecule has 1 aliphatic heterocycles. The van der Waals surface area contributed by atoms with E-state index in [2.05, 4.69) is 66.0 Å². The number of amides is 1. The van der Waals surface area contributed by atoms with Gasteiger partial charge >= 0.3 is 6.09 Å². The fourth-order valence-corrected chi connectivity index (χ4v) is 4.83. The molecule has 0 spiro atoms. The zero-order valence-corrected chi connectivity index (χ0v) is 22.6. The zero-order valence-electron chi connectivity index (χ0n) is 22.6. The number of rotatable bonds is 0. The Kier molecular flexibility index (Phi) is 9.48. The Morgan fingerprint density at radius 1 is 0.742 bits per heavy atom. The third kappa shape index (κ3) is 12.1. The summed E-state index contributed by atoms with van der Waals surface area (Å²) >= 11 is 0. The molecular formula is C26H53N3O2. The second-order valence-corrected chi connectivity index (χ2v) is 14.0. The first kappa shape index (κ1) is 28.2. The third-order valence-corrected chi connectivity index (χ3v) is 6.01. The molecule has 1 heterocycles. The van der Waals surface area contributed by atoms with Gasteiger partial charge in [-0.1, -0.05) is 55.4 Å². The molecular weight excluding hydrogens is 386 g/mol.